The number of imidazole rings is 1. The number of nitrogens with zero attached hydrogens (tertiary/aromatic N) is 5. The van der Waals surface area contributed by atoms with E-state index < -0.39 is 11.7 Å². The van der Waals surface area contributed by atoms with E-state index in [0.29, 0.717) is 37.6 Å². The number of aliphatic imine (C=N–C) groups is 1. The molecule has 198 valence electrons. The van der Waals surface area contributed by atoms with Gasteiger partial charge in [0, 0.05) is 32.9 Å². The summed E-state index contributed by atoms with van der Waals surface area (Å²) in [4.78, 5) is 24.4. The zero-order valence-corrected chi connectivity index (χ0v) is 22.4. The number of carbonyl (C=O) groups excluding carboxylic acids is 1. The lowest BCUT2D eigenvalue weighted by Crippen LogP contribution is -2.38. The minimum Gasteiger partial charge on any atom is -0.454 e. The molecule has 11 heteroatoms. The number of ether oxygens (including phenoxy) is 3. The third kappa shape index (κ3) is 8.47. The summed E-state index contributed by atoms with van der Waals surface area (Å²) >= 11 is 0. The Morgan fingerprint density at radius 1 is 1.25 bits per heavy atom. The van der Waals surface area contributed by atoms with Gasteiger partial charge in [-0.05, 0) is 51.8 Å². The molecule has 36 heavy (non-hydrogen) atoms. The number of nitrogens with two attached hydrogens (primary N) is 1. The van der Waals surface area contributed by atoms with Crippen LogP contribution in [0.1, 0.15) is 52.3 Å². The van der Waals surface area contributed by atoms with Crippen LogP contribution in [-0.2, 0) is 11.3 Å². The molecule has 0 fully saturated rings. The van der Waals surface area contributed by atoms with Gasteiger partial charge in [-0.2, -0.15) is 4.99 Å². The van der Waals surface area contributed by atoms with E-state index in [1.54, 1.807) is 33.9 Å². The second-order valence-corrected chi connectivity index (χ2v) is 9.08. The van der Waals surface area contributed by atoms with Gasteiger partial charge in [0.2, 0.25) is 18.7 Å². The van der Waals surface area contributed by atoms with Crippen molar-refractivity contribution >= 4 is 18.0 Å². The number of fused-ring (bicyclic) bond motifs is 1. The SMILES string of the molecule is CC.Cc1cn(/C(N)=N/C(=N)N(C)CCCN(Cc2ccc3c(c2)OCO3)C(=O)OC(C)(C)C)cn1. The van der Waals surface area contributed by atoms with E-state index in [9.17, 15) is 4.79 Å². The molecule has 1 aromatic carbocycles. The second-order valence-electron chi connectivity index (χ2n) is 9.08. The van der Waals surface area contributed by atoms with Crippen LogP contribution in [0, 0.1) is 12.3 Å². The Morgan fingerprint density at radius 3 is 2.58 bits per heavy atom. The molecule has 0 atom stereocenters. The van der Waals surface area contributed by atoms with Gasteiger partial charge in [-0.1, -0.05) is 19.9 Å². The Balaban J connectivity index is 0.00000222. The molecule has 3 rings (SSSR count). The zero-order valence-electron chi connectivity index (χ0n) is 22.4. The van der Waals surface area contributed by atoms with Gasteiger partial charge in [-0.25, -0.2) is 9.78 Å². The maximum atomic E-state index is 12.9. The van der Waals surface area contributed by atoms with Gasteiger partial charge in [0.25, 0.3) is 0 Å². The summed E-state index contributed by atoms with van der Waals surface area (Å²) in [5.74, 6) is 1.54. The van der Waals surface area contributed by atoms with Crippen LogP contribution >= 0.6 is 0 Å². The Kier molecular flexibility index (Phi) is 10.1. The number of carbonyl (C=O) groups is 1. The van der Waals surface area contributed by atoms with Crippen LogP contribution in [0.15, 0.2) is 35.7 Å². The highest BCUT2D eigenvalue weighted by molar-refractivity contribution is 5.93. The molecule has 0 saturated carbocycles. The molecule has 0 unspecified atom stereocenters. The highest BCUT2D eigenvalue weighted by Crippen LogP contribution is 2.33. The first-order chi connectivity index (χ1) is 17.0. The standard InChI is InChI=1S/C23H33N7O4.C2H6/c1-16-12-30(14-26-16)21(25)27-20(24)28(5)9-6-10-29(22(31)34-23(2,3)4)13-17-7-8-18-19(11-17)33-15-32-18;1-2/h7-8,11-12,14H,6,9-10,13,15H2,1-5H3,(H3,24,25,27);1-2H3. The molecule has 1 amide bonds. The number of aromatic nitrogens is 2. The quantitative estimate of drug-likeness (QED) is 0.454. The largest absolute Gasteiger partial charge is 0.454 e. The van der Waals surface area contributed by atoms with E-state index in [1.807, 2.05) is 59.7 Å². The average Bonchev–Trinajstić information content (AvgIpc) is 3.47. The molecule has 0 bridgehead atoms. The first-order valence-corrected chi connectivity index (χ1v) is 12.0. The van der Waals surface area contributed by atoms with Crippen molar-refractivity contribution in [2.75, 3.05) is 26.9 Å². The molecule has 0 aliphatic carbocycles. The normalized spacial score (nSPS) is 12.5. The fraction of sp³-hybridized carbons (Fsp3) is 0.520. The lowest BCUT2D eigenvalue weighted by molar-refractivity contribution is 0.0229. The molecule has 1 aromatic heterocycles. The van der Waals surface area contributed by atoms with E-state index in [-0.39, 0.29) is 18.7 Å². The summed E-state index contributed by atoms with van der Waals surface area (Å²) in [6.45, 7) is 12.8. The van der Waals surface area contributed by atoms with Gasteiger partial charge in [0.1, 0.15) is 11.9 Å². The van der Waals surface area contributed by atoms with Crippen molar-refractivity contribution in [3.63, 3.8) is 0 Å². The predicted molar refractivity (Wildman–Crippen MR) is 140 cm³/mol. The highest BCUT2D eigenvalue weighted by Gasteiger charge is 2.23. The fourth-order valence-corrected chi connectivity index (χ4v) is 3.22. The van der Waals surface area contributed by atoms with Crippen molar-refractivity contribution in [1.82, 2.24) is 19.4 Å². The summed E-state index contributed by atoms with van der Waals surface area (Å²) in [6.07, 6.45) is 3.49. The summed E-state index contributed by atoms with van der Waals surface area (Å²) in [5, 5.41) is 8.21. The van der Waals surface area contributed by atoms with Crippen molar-refractivity contribution in [1.29, 1.82) is 5.41 Å². The van der Waals surface area contributed by atoms with E-state index in [2.05, 4.69) is 9.98 Å². The van der Waals surface area contributed by atoms with Gasteiger partial charge in [-0.3, -0.25) is 9.98 Å². The summed E-state index contributed by atoms with van der Waals surface area (Å²) in [6, 6.07) is 5.61. The van der Waals surface area contributed by atoms with Gasteiger partial charge < -0.3 is 29.7 Å². The second kappa shape index (κ2) is 12.8. The first-order valence-electron chi connectivity index (χ1n) is 12.0. The Hall–Kier alpha value is -3.76. The van der Waals surface area contributed by atoms with Gasteiger partial charge >= 0.3 is 6.09 Å². The van der Waals surface area contributed by atoms with Gasteiger partial charge in [0.15, 0.2) is 11.5 Å². The Morgan fingerprint density at radius 2 is 1.94 bits per heavy atom. The van der Waals surface area contributed by atoms with Crippen LogP contribution in [0.4, 0.5) is 4.79 Å². The topological polar surface area (TPSA) is 131 Å². The van der Waals surface area contributed by atoms with Gasteiger partial charge in [0.05, 0.1) is 5.69 Å². The fourth-order valence-electron chi connectivity index (χ4n) is 3.22. The molecule has 0 spiro atoms. The van der Waals surface area contributed by atoms with Crippen molar-refractivity contribution in [3.8, 4) is 11.5 Å². The maximum absolute atomic E-state index is 12.9. The maximum Gasteiger partial charge on any atom is 0.410 e. The zero-order chi connectivity index (χ0) is 26.9. The minimum atomic E-state index is -0.610. The number of benzene rings is 1. The number of aryl methyl sites for hydroxylation is 1. The number of rotatable bonds is 6. The van der Waals surface area contributed by atoms with E-state index in [1.165, 1.54) is 0 Å². The molecular formula is C25H39N7O4. The number of hydrogen-bond acceptors (Lipinski definition) is 6. The lowest BCUT2D eigenvalue weighted by Gasteiger charge is -2.28. The summed E-state index contributed by atoms with van der Waals surface area (Å²) in [7, 11) is 1.76. The van der Waals surface area contributed by atoms with Gasteiger partial charge in [-0.15, -0.1) is 0 Å². The molecule has 2 aromatic rings. The lowest BCUT2D eigenvalue weighted by atomic mass is 10.2. The smallest absolute Gasteiger partial charge is 0.410 e. The van der Waals surface area contributed by atoms with Crippen LogP contribution < -0.4 is 15.2 Å². The monoisotopic (exact) mass is 501 g/mol. The highest BCUT2D eigenvalue weighted by atomic mass is 16.7. The molecule has 0 radical (unpaired) electrons. The molecule has 2 heterocycles. The Bertz CT molecular complexity index is 1060. The van der Waals surface area contributed by atoms with Crippen LogP contribution in [0.5, 0.6) is 11.5 Å². The minimum absolute atomic E-state index is 0.0171. The molecule has 1 aliphatic heterocycles. The van der Waals surface area contributed by atoms with Crippen molar-refractivity contribution in [2.24, 2.45) is 10.7 Å². The van der Waals surface area contributed by atoms with E-state index in [0.717, 1.165) is 11.3 Å². The third-order valence-corrected chi connectivity index (χ3v) is 4.94. The molecule has 0 saturated heterocycles. The number of guanidine groups is 1. The van der Waals surface area contributed by atoms with E-state index in [4.69, 9.17) is 25.4 Å². The molecule has 3 N–H and O–H groups in total. The average molecular weight is 502 g/mol. The number of nitrogens with one attached hydrogen (secondary N) is 1. The van der Waals surface area contributed by atoms with Crippen LogP contribution in [-0.4, -0.2) is 69.9 Å². The molecule has 1 aliphatic rings. The van der Waals surface area contributed by atoms with Crippen LogP contribution in [0.3, 0.4) is 0 Å². The first kappa shape index (κ1) is 28.5. The van der Waals surface area contributed by atoms with Crippen molar-refractivity contribution in [2.45, 2.75) is 60.1 Å². The predicted octanol–water partition coefficient (Wildman–Crippen LogP) is 3.80. The molecular weight excluding hydrogens is 462 g/mol. The number of hydrogen-bond donors (Lipinski definition) is 2. The van der Waals surface area contributed by atoms with Crippen LogP contribution in [0.2, 0.25) is 0 Å². The van der Waals surface area contributed by atoms with E-state index >= 15 is 0 Å². The summed E-state index contributed by atoms with van der Waals surface area (Å²) < 4.78 is 18.0. The van der Waals surface area contributed by atoms with Crippen molar-refractivity contribution < 1.29 is 19.0 Å². The number of amides is 1. The van der Waals surface area contributed by atoms with Crippen molar-refractivity contribution in [3.05, 3.63) is 42.0 Å². The summed E-state index contributed by atoms with van der Waals surface area (Å²) in [5.41, 5.74) is 7.07. The van der Waals surface area contributed by atoms with Crippen LogP contribution in [0.25, 0.3) is 0 Å². The Labute approximate surface area is 213 Å². The third-order valence-electron chi connectivity index (χ3n) is 4.94. The molecule has 11 nitrogen and oxygen atoms in total.